The first-order chi connectivity index (χ1) is 10.2. The molecule has 0 radical (unpaired) electrons. The molecule has 4 heteroatoms. The van der Waals surface area contributed by atoms with Gasteiger partial charge in [0.15, 0.2) is 0 Å². The molecule has 3 rings (SSSR count). The summed E-state index contributed by atoms with van der Waals surface area (Å²) in [6.45, 7) is 4.81. The van der Waals surface area contributed by atoms with Crippen molar-refractivity contribution in [2.45, 2.75) is 44.9 Å². The van der Waals surface area contributed by atoms with Crippen molar-refractivity contribution in [3.8, 4) is 0 Å². The van der Waals surface area contributed by atoms with Crippen molar-refractivity contribution in [1.29, 1.82) is 0 Å². The van der Waals surface area contributed by atoms with Crippen LogP contribution in [0.2, 0.25) is 0 Å². The topological polar surface area (TPSA) is 45.2 Å². The van der Waals surface area contributed by atoms with E-state index >= 15 is 0 Å². The third-order valence-corrected chi connectivity index (χ3v) is 5.19. The van der Waals surface area contributed by atoms with Crippen molar-refractivity contribution in [2.75, 3.05) is 19.6 Å². The van der Waals surface area contributed by atoms with Gasteiger partial charge in [-0.2, -0.15) is 0 Å². The number of carbonyl (C=O) groups excluding carboxylic acids is 1. The highest BCUT2D eigenvalue weighted by atomic mass is 16.2. The molecule has 2 heterocycles. The predicted molar refractivity (Wildman–Crippen MR) is 83.1 cm³/mol. The minimum absolute atomic E-state index is 0.122. The fraction of sp³-hybridized carbons (Fsp3) is 0.647. The lowest BCUT2D eigenvalue weighted by molar-refractivity contribution is 0.142. The van der Waals surface area contributed by atoms with E-state index in [4.69, 9.17) is 0 Å². The van der Waals surface area contributed by atoms with Crippen LogP contribution in [0.25, 0.3) is 0 Å². The fourth-order valence-corrected chi connectivity index (χ4v) is 3.41. The Hall–Kier alpha value is -1.58. The number of amides is 2. The van der Waals surface area contributed by atoms with E-state index in [1.165, 1.54) is 24.8 Å². The Balaban J connectivity index is 1.45. The van der Waals surface area contributed by atoms with Crippen molar-refractivity contribution < 1.29 is 4.79 Å². The first kappa shape index (κ1) is 14.4. The van der Waals surface area contributed by atoms with Crippen LogP contribution in [0.1, 0.15) is 50.5 Å². The van der Waals surface area contributed by atoms with Gasteiger partial charge < -0.3 is 10.2 Å². The molecule has 2 aliphatic rings. The number of likely N-dealkylation sites (tertiary alicyclic amines) is 1. The molecule has 1 aromatic heterocycles. The fourth-order valence-electron chi connectivity index (χ4n) is 3.41. The van der Waals surface area contributed by atoms with E-state index in [9.17, 15) is 4.79 Å². The largest absolute Gasteiger partial charge is 0.337 e. The SMILES string of the molecule is CC1(CNC(=O)N2CCC(c3ccncc3)CC2)CCC1. The number of nitrogens with zero attached hydrogens (tertiary/aromatic N) is 2. The molecule has 1 saturated carbocycles. The summed E-state index contributed by atoms with van der Waals surface area (Å²) in [6.07, 6.45) is 9.61. The van der Waals surface area contributed by atoms with Crippen molar-refractivity contribution in [3.63, 3.8) is 0 Å². The summed E-state index contributed by atoms with van der Waals surface area (Å²) in [5.74, 6) is 0.571. The van der Waals surface area contributed by atoms with Crippen LogP contribution in [0.4, 0.5) is 4.79 Å². The summed E-state index contributed by atoms with van der Waals surface area (Å²) >= 11 is 0. The van der Waals surface area contributed by atoms with Gasteiger partial charge in [0, 0.05) is 32.0 Å². The van der Waals surface area contributed by atoms with Gasteiger partial charge >= 0.3 is 6.03 Å². The summed E-state index contributed by atoms with van der Waals surface area (Å²) in [5, 5.41) is 3.13. The third kappa shape index (κ3) is 3.36. The molecule has 0 spiro atoms. The molecule has 1 saturated heterocycles. The Kier molecular flexibility index (Phi) is 4.13. The van der Waals surface area contributed by atoms with Gasteiger partial charge in [-0.05, 0) is 54.7 Å². The summed E-state index contributed by atoms with van der Waals surface area (Å²) in [6, 6.07) is 4.31. The molecule has 114 valence electrons. The van der Waals surface area contributed by atoms with Gasteiger partial charge in [0.1, 0.15) is 0 Å². The number of hydrogen-bond acceptors (Lipinski definition) is 2. The number of aromatic nitrogens is 1. The molecular weight excluding hydrogens is 262 g/mol. The van der Waals surface area contributed by atoms with E-state index < -0.39 is 0 Å². The van der Waals surface area contributed by atoms with Gasteiger partial charge in [-0.1, -0.05) is 13.3 Å². The van der Waals surface area contributed by atoms with E-state index in [0.717, 1.165) is 32.5 Å². The standard InChI is InChI=1S/C17H25N3O/c1-17(7-2-8-17)13-19-16(21)20-11-5-15(6-12-20)14-3-9-18-10-4-14/h3-4,9-10,15H,2,5-8,11-13H2,1H3,(H,19,21). The van der Waals surface area contributed by atoms with Crippen LogP contribution in [0.5, 0.6) is 0 Å². The smallest absolute Gasteiger partial charge is 0.317 e. The van der Waals surface area contributed by atoms with Gasteiger partial charge in [-0.3, -0.25) is 4.98 Å². The van der Waals surface area contributed by atoms with E-state index in [1.54, 1.807) is 0 Å². The van der Waals surface area contributed by atoms with E-state index in [2.05, 4.69) is 29.4 Å². The zero-order chi connectivity index (χ0) is 14.7. The van der Waals surface area contributed by atoms with Crippen LogP contribution in [0.15, 0.2) is 24.5 Å². The highest BCUT2D eigenvalue weighted by molar-refractivity contribution is 5.74. The van der Waals surface area contributed by atoms with Crippen LogP contribution < -0.4 is 5.32 Å². The van der Waals surface area contributed by atoms with Crippen LogP contribution in [-0.4, -0.2) is 35.5 Å². The van der Waals surface area contributed by atoms with Crippen LogP contribution in [-0.2, 0) is 0 Å². The van der Waals surface area contributed by atoms with Gasteiger partial charge in [-0.25, -0.2) is 4.79 Å². The minimum atomic E-state index is 0.122. The number of urea groups is 1. The summed E-state index contributed by atoms with van der Waals surface area (Å²) in [7, 11) is 0. The van der Waals surface area contributed by atoms with Crippen LogP contribution >= 0.6 is 0 Å². The Morgan fingerprint density at radius 3 is 2.57 bits per heavy atom. The molecule has 0 aromatic carbocycles. The second-order valence-corrected chi connectivity index (χ2v) is 6.86. The van der Waals surface area contributed by atoms with Crippen molar-refractivity contribution in [2.24, 2.45) is 5.41 Å². The molecule has 1 aromatic rings. The Bertz CT molecular complexity index is 476. The molecule has 0 bridgehead atoms. The molecule has 21 heavy (non-hydrogen) atoms. The lowest BCUT2D eigenvalue weighted by Crippen LogP contribution is -2.48. The zero-order valence-corrected chi connectivity index (χ0v) is 12.8. The summed E-state index contributed by atoms with van der Waals surface area (Å²) < 4.78 is 0. The van der Waals surface area contributed by atoms with E-state index in [-0.39, 0.29) is 6.03 Å². The van der Waals surface area contributed by atoms with Crippen molar-refractivity contribution in [3.05, 3.63) is 30.1 Å². The van der Waals surface area contributed by atoms with Crippen LogP contribution in [0.3, 0.4) is 0 Å². The molecular formula is C17H25N3O. The average molecular weight is 287 g/mol. The third-order valence-electron chi connectivity index (χ3n) is 5.19. The molecule has 4 nitrogen and oxygen atoms in total. The number of pyridine rings is 1. The molecule has 1 aliphatic carbocycles. The normalized spacial score (nSPS) is 21.7. The average Bonchev–Trinajstić information content (AvgIpc) is 2.52. The van der Waals surface area contributed by atoms with Gasteiger partial charge in [-0.15, -0.1) is 0 Å². The van der Waals surface area contributed by atoms with Gasteiger partial charge in [0.05, 0.1) is 0 Å². The molecule has 0 unspecified atom stereocenters. The number of hydrogen-bond donors (Lipinski definition) is 1. The van der Waals surface area contributed by atoms with Crippen molar-refractivity contribution in [1.82, 2.24) is 15.2 Å². The summed E-state index contributed by atoms with van der Waals surface area (Å²) in [5.41, 5.74) is 1.71. The lowest BCUT2D eigenvalue weighted by Gasteiger charge is -2.39. The quantitative estimate of drug-likeness (QED) is 0.928. The Morgan fingerprint density at radius 2 is 2.00 bits per heavy atom. The lowest BCUT2D eigenvalue weighted by atomic mass is 9.70. The van der Waals surface area contributed by atoms with Crippen LogP contribution in [0, 0.1) is 5.41 Å². The monoisotopic (exact) mass is 287 g/mol. The first-order valence-corrected chi connectivity index (χ1v) is 8.09. The van der Waals surface area contributed by atoms with Crippen molar-refractivity contribution >= 4 is 6.03 Å². The number of rotatable bonds is 3. The number of nitrogens with one attached hydrogen (secondary N) is 1. The highest BCUT2D eigenvalue weighted by Gasteiger charge is 2.32. The highest BCUT2D eigenvalue weighted by Crippen LogP contribution is 2.39. The maximum absolute atomic E-state index is 12.2. The summed E-state index contributed by atoms with van der Waals surface area (Å²) in [4.78, 5) is 18.3. The number of carbonyl (C=O) groups is 1. The second kappa shape index (κ2) is 6.04. The zero-order valence-electron chi connectivity index (χ0n) is 12.8. The van der Waals surface area contributed by atoms with Gasteiger partial charge in [0.2, 0.25) is 0 Å². The van der Waals surface area contributed by atoms with Gasteiger partial charge in [0.25, 0.3) is 0 Å². The predicted octanol–water partition coefficient (Wildman–Crippen LogP) is 3.16. The Labute approximate surface area is 126 Å². The maximum atomic E-state index is 12.2. The molecule has 2 amide bonds. The first-order valence-electron chi connectivity index (χ1n) is 8.09. The number of piperidine rings is 1. The molecule has 0 atom stereocenters. The molecule has 1 N–H and O–H groups in total. The maximum Gasteiger partial charge on any atom is 0.317 e. The second-order valence-electron chi connectivity index (χ2n) is 6.86. The molecule has 1 aliphatic heterocycles. The Morgan fingerprint density at radius 1 is 1.33 bits per heavy atom. The van der Waals surface area contributed by atoms with E-state index in [1.807, 2.05) is 17.3 Å². The molecule has 2 fully saturated rings. The minimum Gasteiger partial charge on any atom is -0.337 e. The van der Waals surface area contributed by atoms with E-state index in [0.29, 0.717) is 11.3 Å².